The van der Waals surface area contributed by atoms with Gasteiger partial charge in [0.25, 0.3) is 5.56 Å². The summed E-state index contributed by atoms with van der Waals surface area (Å²) in [4.78, 5) is 17.2. The van der Waals surface area contributed by atoms with Crippen molar-refractivity contribution in [2.45, 2.75) is 6.42 Å². The van der Waals surface area contributed by atoms with E-state index in [1.807, 2.05) is 12.1 Å². The Morgan fingerprint density at radius 2 is 1.95 bits per heavy atom. The van der Waals surface area contributed by atoms with E-state index in [1.165, 1.54) is 0 Å². The van der Waals surface area contributed by atoms with Gasteiger partial charge < -0.3 is 4.74 Å². The number of nitrogens with zero attached hydrogens (tertiary/aromatic N) is 2. The lowest BCUT2D eigenvalue weighted by Crippen LogP contribution is -2.22. The highest BCUT2D eigenvalue weighted by Gasteiger charge is 2.23. The summed E-state index contributed by atoms with van der Waals surface area (Å²) in [5.41, 5.74) is 1.65. The van der Waals surface area contributed by atoms with Crippen LogP contribution < -0.4 is 10.3 Å². The summed E-state index contributed by atoms with van der Waals surface area (Å²) < 4.78 is 7.17. The smallest absolute Gasteiger partial charge is 0.263 e. The molecule has 0 bridgehead atoms. The highest BCUT2D eigenvalue weighted by Crippen LogP contribution is 2.32. The van der Waals surface area contributed by atoms with E-state index in [0.29, 0.717) is 45.7 Å². The zero-order valence-corrected chi connectivity index (χ0v) is 12.9. The van der Waals surface area contributed by atoms with Crippen LogP contribution in [0.5, 0.6) is 5.75 Å². The number of hydrogen-bond donors (Lipinski definition) is 0. The topological polar surface area (TPSA) is 44.1 Å². The van der Waals surface area contributed by atoms with E-state index in [-0.39, 0.29) is 5.56 Å². The Bertz CT molecular complexity index is 946. The van der Waals surface area contributed by atoms with Crippen LogP contribution in [0.3, 0.4) is 0 Å². The quantitative estimate of drug-likeness (QED) is 0.683. The molecular weight excluding hydrogens is 323 g/mol. The first kappa shape index (κ1) is 13.6. The van der Waals surface area contributed by atoms with Crippen molar-refractivity contribution in [1.82, 2.24) is 9.55 Å². The van der Waals surface area contributed by atoms with Gasteiger partial charge in [0.05, 0.1) is 23.2 Å². The van der Waals surface area contributed by atoms with E-state index in [4.69, 9.17) is 27.9 Å². The molecule has 0 saturated heterocycles. The summed E-state index contributed by atoms with van der Waals surface area (Å²) >= 11 is 12.2. The number of ether oxygens (including phenoxy) is 1. The Hall–Kier alpha value is -2.04. The molecule has 4 rings (SSSR count). The van der Waals surface area contributed by atoms with Crippen LogP contribution in [0.25, 0.3) is 16.7 Å². The molecule has 4 nitrogen and oxygen atoms in total. The summed E-state index contributed by atoms with van der Waals surface area (Å²) in [6.45, 7) is 0.509. The molecule has 22 heavy (non-hydrogen) atoms. The molecule has 0 spiro atoms. The van der Waals surface area contributed by atoms with Crippen LogP contribution in [0.1, 0.15) is 5.56 Å². The Balaban J connectivity index is 2.16. The Kier molecular flexibility index (Phi) is 3.10. The average molecular weight is 333 g/mol. The fourth-order valence-electron chi connectivity index (χ4n) is 2.79. The third kappa shape index (κ3) is 1.99. The molecule has 0 fully saturated rings. The van der Waals surface area contributed by atoms with E-state index in [1.54, 1.807) is 29.0 Å². The van der Waals surface area contributed by atoms with E-state index in [2.05, 4.69) is 4.98 Å². The van der Waals surface area contributed by atoms with Crippen LogP contribution in [-0.4, -0.2) is 16.2 Å². The van der Waals surface area contributed by atoms with Crippen LogP contribution >= 0.6 is 23.2 Å². The van der Waals surface area contributed by atoms with Crippen LogP contribution in [0.4, 0.5) is 0 Å². The summed E-state index contributed by atoms with van der Waals surface area (Å²) in [5.74, 6) is 0.637. The van der Waals surface area contributed by atoms with Crippen molar-refractivity contribution in [3.05, 3.63) is 62.5 Å². The van der Waals surface area contributed by atoms with Crippen molar-refractivity contribution < 1.29 is 4.74 Å². The standard InChI is InChI=1S/C16H10Cl2N2O2/c17-9-6-10(18)8-11(7-9)20-15-12(2-1-4-19-15)14-13(16(20)21)3-5-22-14/h1-2,4,6-8H,3,5H2. The molecule has 0 radical (unpaired) electrons. The maximum absolute atomic E-state index is 12.9. The molecule has 0 saturated carbocycles. The first-order chi connectivity index (χ1) is 10.6. The molecule has 0 unspecified atom stereocenters. The monoisotopic (exact) mass is 332 g/mol. The van der Waals surface area contributed by atoms with E-state index in [0.717, 1.165) is 5.39 Å². The van der Waals surface area contributed by atoms with Crippen LogP contribution in [0, 0.1) is 0 Å². The largest absolute Gasteiger partial charge is 0.492 e. The van der Waals surface area contributed by atoms with Gasteiger partial charge in [0.2, 0.25) is 0 Å². The predicted molar refractivity (Wildman–Crippen MR) is 86.6 cm³/mol. The van der Waals surface area contributed by atoms with Gasteiger partial charge in [-0.05, 0) is 30.3 Å². The molecule has 0 N–H and O–H groups in total. The third-order valence-corrected chi connectivity index (χ3v) is 4.12. The van der Waals surface area contributed by atoms with E-state index in [9.17, 15) is 4.79 Å². The molecule has 1 aromatic carbocycles. The fraction of sp³-hybridized carbons (Fsp3) is 0.125. The van der Waals surface area contributed by atoms with Crippen molar-refractivity contribution in [3.63, 3.8) is 0 Å². The Morgan fingerprint density at radius 3 is 2.73 bits per heavy atom. The van der Waals surface area contributed by atoms with Crippen LogP contribution in [-0.2, 0) is 6.42 Å². The van der Waals surface area contributed by atoms with Gasteiger partial charge >= 0.3 is 0 Å². The molecular formula is C16H10Cl2N2O2. The second-order valence-corrected chi connectivity index (χ2v) is 5.92. The minimum atomic E-state index is -0.142. The molecule has 110 valence electrons. The fourth-order valence-corrected chi connectivity index (χ4v) is 3.31. The minimum absolute atomic E-state index is 0.142. The van der Waals surface area contributed by atoms with Crippen LogP contribution in [0.15, 0.2) is 41.3 Å². The van der Waals surface area contributed by atoms with Crippen molar-refractivity contribution in [3.8, 4) is 11.4 Å². The number of hydrogen-bond acceptors (Lipinski definition) is 3. The molecule has 6 heteroatoms. The first-order valence-electron chi connectivity index (χ1n) is 6.77. The van der Waals surface area contributed by atoms with Gasteiger partial charge in [-0.15, -0.1) is 0 Å². The van der Waals surface area contributed by atoms with Gasteiger partial charge in [0, 0.05) is 22.7 Å². The number of pyridine rings is 2. The second-order valence-electron chi connectivity index (χ2n) is 5.05. The van der Waals surface area contributed by atoms with Crippen molar-refractivity contribution in [2.24, 2.45) is 0 Å². The molecule has 1 aliphatic heterocycles. The molecule has 3 heterocycles. The van der Waals surface area contributed by atoms with Gasteiger partial charge in [-0.25, -0.2) is 4.98 Å². The lowest BCUT2D eigenvalue weighted by molar-refractivity contribution is 0.360. The molecule has 2 aromatic heterocycles. The number of halogens is 2. The van der Waals surface area contributed by atoms with Crippen molar-refractivity contribution in [2.75, 3.05) is 6.61 Å². The highest BCUT2D eigenvalue weighted by atomic mass is 35.5. The van der Waals surface area contributed by atoms with Gasteiger partial charge in [-0.1, -0.05) is 23.2 Å². The summed E-state index contributed by atoms with van der Waals surface area (Å²) in [5, 5.41) is 1.75. The number of aromatic nitrogens is 2. The van der Waals surface area contributed by atoms with E-state index < -0.39 is 0 Å². The summed E-state index contributed by atoms with van der Waals surface area (Å²) in [6.07, 6.45) is 2.24. The Labute approximate surface area is 135 Å². The molecule has 0 amide bonds. The lowest BCUT2D eigenvalue weighted by atomic mass is 10.1. The van der Waals surface area contributed by atoms with Gasteiger partial charge in [-0.2, -0.15) is 0 Å². The minimum Gasteiger partial charge on any atom is -0.492 e. The highest BCUT2D eigenvalue weighted by molar-refractivity contribution is 6.34. The normalized spacial score (nSPS) is 13.2. The second kappa shape index (κ2) is 5.00. The first-order valence-corrected chi connectivity index (χ1v) is 7.52. The molecule has 1 aliphatic rings. The number of rotatable bonds is 1. The number of benzene rings is 1. The predicted octanol–water partition coefficient (Wildman–Crippen LogP) is 3.63. The molecule has 3 aromatic rings. The maximum Gasteiger partial charge on any atom is 0.263 e. The zero-order chi connectivity index (χ0) is 15.3. The van der Waals surface area contributed by atoms with Gasteiger partial charge in [0.1, 0.15) is 5.75 Å². The third-order valence-electron chi connectivity index (χ3n) is 3.68. The van der Waals surface area contributed by atoms with Crippen molar-refractivity contribution >= 4 is 34.2 Å². The number of fused-ring (bicyclic) bond motifs is 3. The maximum atomic E-state index is 12.9. The lowest BCUT2D eigenvalue weighted by Gasteiger charge is -2.13. The van der Waals surface area contributed by atoms with E-state index >= 15 is 0 Å². The zero-order valence-electron chi connectivity index (χ0n) is 11.3. The SMILES string of the molecule is O=c1c2c(c3cccnc3n1-c1cc(Cl)cc(Cl)c1)OCC2. The summed E-state index contributed by atoms with van der Waals surface area (Å²) in [6, 6.07) is 8.75. The molecule has 0 atom stereocenters. The van der Waals surface area contributed by atoms with Gasteiger partial charge in [0.15, 0.2) is 5.65 Å². The van der Waals surface area contributed by atoms with Crippen LogP contribution in [0.2, 0.25) is 10.0 Å². The van der Waals surface area contributed by atoms with Gasteiger partial charge in [-0.3, -0.25) is 9.36 Å². The molecule has 0 aliphatic carbocycles. The summed E-state index contributed by atoms with van der Waals surface area (Å²) in [7, 11) is 0. The Morgan fingerprint density at radius 1 is 1.18 bits per heavy atom. The van der Waals surface area contributed by atoms with Crippen molar-refractivity contribution in [1.29, 1.82) is 0 Å². The average Bonchev–Trinajstić information content (AvgIpc) is 2.96.